The van der Waals surface area contributed by atoms with Gasteiger partial charge in [-0.05, 0) is 30.4 Å². The molecule has 0 amide bonds. The number of aromatic nitrogens is 4. The highest BCUT2D eigenvalue weighted by Crippen LogP contribution is 2.23. The summed E-state index contributed by atoms with van der Waals surface area (Å²) < 4.78 is 7.21. The third kappa shape index (κ3) is 3.93. The fourth-order valence-corrected chi connectivity index (χ4v) is 2.92. The molecule has 1 aromatic carbocycles. The van der Waals surface area contributed by atoms with Gasteiger partial charge in [0.25, 0.3) is 0 Å². The summed E-state index contributed by atoms with van der Waals surface area (Å²) in [5.74, 6) is 1.66. The molecule has 0 aliphatic heterocycles. The standard InChI is InChI=1S/C18H21N5OS/c1-4-9-19-16-15-12-20-23(17(15)22-18(21-16)25-3)10-8-13-6-5-7-14(11-13)24-2/h4-7,11-12H,1,8-10H2,2-3H3,(H,19,21,22). The van der Waals surface area contributed by atoms with Gasteiger partial charge in [-0.2, -0.15) is 5.10 Å². The van der Waals surface area contributed by atoms with Gasteiger partial charge in [-0.15, -0.1) is 6.58 Å². The van der Waals surface area contributed by atoms with Crippen LogP contribution in [0.2, 0.25) is 0 Å². The molecule has 3 rings (SSSR count). The van der Waals surface area contributed by atoms with Gasteiger partial charge >= 0.3 is 0 Å². The first-order valence-corrected chi connectivity index (χ1v) is 9.23. The predicted octanol–water partition coefficient (Wildman–Crippen LogP) is 3.40. The Morgan fingerprint density at radius 2 is 2.24 bits per heavy atom. The quantitative estimate of drug-likeness (QED) is 0.380. The second-order valence-electron chi connectivity index (χ2n) is 5.44. The lowest BCUT2D eigenvalue weighted by atomic mass is 10.1. The number of methoxy groups -OCH3 is 1. The Balaban J connectivity index is 1.87. The Kier molecular flexibility index (Phi) is 5.55. The van der Waals surface area contributed by atoms with E-state index in [1.54, 1.807) is 13.2 Å². The second kappa shape index (κ2) is 8.02. The molecule has 0 fully saturated rings. The van der Waals surface area contributed by atoms with Gasteiger partial charge in [-0.3, -0.25) is 0 Å². The summed E-state index contributed by atoms with van der Waals surface area (Å²) in [6.07, 6.45) is 6.44. The first kappa shape index (κ1) is 17.3. The van der Waals surface area contributed by atoms with Gasteiger partial charge in [0.2, 0.25) is 0 Å². The summed E-state index contributed by atoms with van der Waals surface area (Å²) in [6, 6.07) is 8.08. The minimum absolute atomic E-state index is 0.648. The highest BCUT2D eigenvalue weighted by Gasteiger charge is 2.12. The molecule has 6 nitrogen and oxygen atoms in total. The molecule has 0 aliphatic rings. The first-order valence-electron chi connectivity index (χ1n) is 8.00. The maximum absolute atomic E-state index is 5.28. The number of hydrogen-bond donors (Lipinski definition) is 1. The van der Waals surface area contributed by atoms with Gasteiger partial charge in [0.05, 0.1) is 18.7 Å². The number of nitrogens with zero attached hydrogens (tertiary/aromatic N) is 4. The Bertz CT molecular complexity index is 877. The van der Waals surface area contributed by atoms with Gasteiger partial charge in [0.15, 0.2) is 10.8 Å². The summed E-state index contributed by atoms with van der Waals surface area (Å²) in [6.45, 7) is 5.12. The van der Waals surface area contributed by atoms with E-state index in [9.17, 15) is 0 Å². The van der Waals surface area contributed by atoms with Gasteiger partial charge < -0.3 is 10.1 Å². The van der Waals surface area contributed by atoms with Crippen LogP contribution in [0, 0.1) is 0 Å². The molecular weight excluding hydrogens is 334 g/mol. The van der Waals surface area contributed by atoms with E-state index in [2.05, 4.69) is 33.0 Å². The fourth-order valence-electron chi connectivity index (χ4n) is 2.56. The monoisotopic (exact) mass is 355 g/mol. The van der Waals surface area contributed by atoms with Crippen molar-refractivity contribution in [2.24, 2.45) is 0 Å². The van der Waals surface area contributed by atoms with Crippen molar-refractivity contribution in [1.82, 2.24) is 19.7 Å². The number of thioether (sulfide) groups is 1. The van der Waals surface area contributed by atoms with Crippen molar-refractivity contribution in [2.75, 3.05) is 25.2 Å². The third-order valence-electron chi connectivity index (χ3n) is 3.82. The Morgan fingerprint density at radius 1 is 1.36 bits per heavy atom. The molecule has 130 valence electrons. The zero-order valence-corrected chi connectivity index (χ0v) is 15.2. The SMILES string of the molecule is C=CCNc1nc(SC)nc2c1cnn2CCc1cccc(OC)c1. The van der Waals surface area contributed by atoms with Crippen LogP contribution < -0.4 is 10.1 Å². The average molecular weight is 355 g/mol. The minimum Gasteiger partial charge on any atom is -0.497 e. The van der Waals surface area contributed by atoms with E-state index in [0.717, 1.165) is 40.7 Å². The summed E-state index contributed by atoms with van der Waals surface area (Å²) in [5.41, 5.74) is 2.04. The summed E-state index contributed by atoms with van der Waals surface area (Å²) in [5, 5.41) is 9.41. The molecule has 3 aromatic rings. The van der Waals surface area contributed by atoms with E-state index in [4.69, 9.17) is 4.74 Å². The molecule has 25 heavy (non-hydrogen) atoms. The maximum Gasteiger partial charge on any atom is 0.191 e. The van der Waals surface area contributed by atoms with Gasteiger partial charge in [0, 0.05) is 13.1 Å². The van der Waals surface area contributed by atoms with Crippen LogP contribution in [0.25, 0.3) is 11.0 Å². The van der Waals surface area contributed by atoms with Crippen LogP contribution in [0.5, 0.6) is 5.75 Å². The molecule has 0 saturated carbocycles. The molecule has 1 N–H and O–H groups in total. The fraction of sp³-hybridized carbons (Fsp3) is 0.278. The average Bonchev–Trinajstić information content (AvgIpc) is 3.07. The number of benzene rings is 1. The van der Waals surface area contributed by atoms with Crippen molar-refractivity contribution in [1.29, 1.82) is 0 Å². The van der Waals surface area contributed by atoms with Crippen LogP contribution in [0.4, 0.5) is 5.82 Å². The summed E-state index contributed by atoms with van der Waals surface area (Å²) in [7, 11) is 1.68. The number of aryl methyl sites for hydroxylation is 2. The van der Waals surface area contributed by atoms with Crippen LogP contribution in [-0.2, 0) is 13.0 Å². The molecule has 0 radical (unpaired) electrons. The van der Waals surface area contributed by atoms with Gasteiger partial charge in [0.1, 0.15) is 11.6 Å². The van der Waals surface area contributed by atoms with E-state index in [1.165, 1.54) is 17.3 Å². The Morgan fingerprint density at radius 3 is 3.00 bits per heavy atom. The Labute approximate surface area is 151 Å². The van der Waals surface area contributed by atoms with Crippen molar-refractivity contribution >= 4 is 28.6 Å². The number of anilines is 1. The largest absolute Gasteiger partial charge is 0.497 e. The highest BCUT2D eigenvalue weighted by atomic mass is 32.2. The molecular formula is C18H21N5OS. The molecule has 0 bridgehead atoms. The smallest absolute Gasteiger partial charge is 0.191 e. The van der Waals surface area contributed by atoms with E-state index in [0.29, 0.717) is 6.54 Å². The number of rotatable bonds is 8. The van der Waals surface area contributed by atoms with Crippen LogP contribution in [0.1, 0.15) is 5.56 Å². The normalized spacial score (nSPS) is 10.8. The van der Waals surface area contributed by atoms with Crippen molar-refractivity contribution in [3.8, 4) is 5.75 Å². The van der Waals surface area contributed by atoms with Crippen LogP contribution in [-0.4, -0.2) is 39.7 Å². The molecule has 2 heterocycles. The van der Waals surface area contributed by atoms with E-state index >= 15 is 0 Å². The van der Waals surface area contributed by atoms with Crippen LogP contribution >= 0.6 is 11.8 Å². The number of hydrogen-bond acceptors (Lipinski definition) is 6. The van der Waals surface area contributed by atoms with E-state index < -0.39 is 0 Å². The third-order valence-corrected chi connectivity index (χ3v) is 4.37. The maximum atomic E-state index is 5.28. The molecule has 2 aromatic heterocycles. The highest BCUT2D eigenvalue weighted by molar-refractivity contribution is 7.98. The lowest BCUT2D eigenvalue weighted by Crippen LogP contribution is -2.06. The molecule has 0 aliphatic carbocycles. The molecule has 7 heteroatoms. The number of nitrogens with one attached hydrogen (secondary N) is 1. The van der Waals surface area contributed by atoms with Gasteiger partial charge in [-0.25, -0.2) is 14.6 Å². The topological polar surface area (TPSA) is 64.9 Å². The van der Waals surface area contributed by atoms with Crippen LogP contribution in [0.15, 0.2) is 48.3 Å². The van der Waals surface area contributed by atoms with Crippen molar-refractivity contribution in [2.45, 2.75) is 18.1 Å². The summed E-state index contributed by atoms with van der Waals surface area (Å²) in [4.78, 5) is 9.16. The zero-order valence-electron chi connectivity index (χ0n) is 14.4. The van der Waals surface area contributed by atoms with E-state index in [1.807, 2.05) is 35.3 Å². The number of fused-ring (bicyclic) bond motifs is 1. The first-order chi connectivity index (χ1) is 12.2. The second-order valence-corrected chi connectivity index (χ2v) is 6.21. The van der Waals surface area contributed by atoms with Gasteiger partial charge in [-0.1, -0.05) is 30.0 Å². The molecule has 0 atom stereocenters. The van der Waals surface area contributed by atoms with Crippen molar-refractivity contribution in [3.05, 3.63) is 48.7 Å². The number of ether oxygens (including phenoxy) is 1. The lowest BCUT2D eigenvalue weighted by molar-refractivity contribution is 0.414. The zero-order chi connectivity index (χ0) is 17.6. The Hall–Kier alpha value is -2.54. The molecule has 0 spiro atoms. The predicted molar refractivity (Wildman–Crippen MR) is 102 cm³/mol. The summed E-state index contributed by atoms with van der Waals surface area (Å²) >= 11 is 1.52. The molecule has 0 saturated heterocycles. The molecule has 0 unspecified atom stereocenters. The van der Waals surface area contributed by atoms with Crippen LogP contribution in [0.3, 0.4) is 0 Å². The minimum atomic E-state index is 0.648. The lowest BCUT2D eigenvalue weighted by Gasteiger charge is -2.08. The van der Waals surface area contributed by atoms with E-state index in [-0.39, 0.29) is 0 Å². The van der Waals surface area contributed by atoms with Crippen molar-refractivity contribution in [3.63, 3.8) is 0 Å². The van der Waals surface area contributed by atoms with Crippen molar-refractivity contribution < 1.29 is 4.74 Å².